The van der Waals surface area contributed by atoms with E-state index in [1.807, 2.05) is 45.0 Å². The molecule has 2 aromatic carbocycles. The number of nitrogens with one attached hydrogen (secondary N) is 1. The van der Waals surface area contributed by atoms with Gasteiger partial charge in [-0.15, -0.1) is 0 Å². The highest BCUT2D eigenvalue weighted by Gasteiger charge is 2.20. The molecule has 1 N–H and O–H groups in total. The molecule has 1 aliphatic carbocycles. The van der Waals surface area contributed by atoms with E-state index in [-0.39, 0.29) is 5.91 Å². The quantitative estimate of drug-likeness (QED) is 0.493. The lowest BCUT2D eigenvalue weighted by Gasteiger charge is -2.13. The summed E-state index contributed by atoms with van der Waals surface area (Å²) in [6, 6.07) is 9.77. The molecule has 31 heavy (non-hydrogen) atoms. The van der Waals surface area contributed by atoms with Crippen molar-refractivity contribution in [1.29, 1.82) is 0 Å². The van der Waals surface area contributed by atoms with Crippen LogP contribution in [0.5, 0.6) is 11.5 Å². The normalized spacial score (nSPS) is 13.7. The second-order valence-electron chi connectivity index (χ2n) is 8.01. The number of furan rings is 1. The van der Waals surface area contributed by atoms with Gasteiger partial charge in [-0.3, -0.25) is 4.79 Å². The Labute approximate surface area is 183 Å². The summed E-state index contributed by atoms with van der Waals surface area (Å²) in [5.41, 5.74) is 5.61. The molecule has 0 fully saturated rings. The monoisotopic (exact) mass is 419 g/mol. The van der Waals surface area contributed by atoms with Gasteiger partial charge in [0.25, 0.3) is 0 Å². The van der Waals surface area contributed by atoms with E-state index in [1.54, 1.807) is 13.2 Å². The van der Waals surface area contributed by atoms with Crippen LogP contribution in [0, 0.1) is 6.92 Å². The van der Waals surface area contributed by atoms with Gasteiger partial charge in [-0.2, -0.15) is 0 Å². The number of amides is 1. The van der Waals surface area contributed by atoms with Crippen molar-refractivity contribution in [3.63, 3.8) is 0 Å². The van der Waals surface area contributed by atoms with Crippen molar-refractivity contribution in [2.24, 2.45) is 0 Å². The van der Waals surface area contributed by atoms with Gasteiger partial charge >= 0.3 is 0 Å². The lowest BCUT2D eigenvalue weighted by Crippen LogP contribution is -2.10. The third-order valence-electron chi connectivity index (χ3n) is 5.74. The van der Waals surface area contributed by atoms with Crippen LogP contribution in [0.1, 0.15) is 49.1 Å². The van der Waals surface area contributed by atoms with E-state index in [1.165, 1.54) is 18.4 Å². The van der Waals surface area contributed by atoms with Crippen molar-refractivity contribution in [2.75, 3.05) is 19.0 Å². The Hall–Kier alpha value is -3.21. The molecule has 0 saturated heterocycles. The van der Waals surface area contributed by atoms with E-state index in [9.17, 15) is 4.79 Å². The van der Waals surface area contributed by atoms with Crippen LogP contribution in [0.2, 0.25) is 0 Å². The van der Waals surface area contributed by atoms with Crippen molar-refractivity contribution in [1.82, 2.24) is 0 Å². The van der Waals surface area contributed by atoms with Gasteiger partial charge in [-0.25, -0.2) is 0 Å². The van der Waals surface area contributed by atoms with Crippen LogP contribution >= 0.6 is 0 Å². The average Bonchev–Trinajstić information content (AvgIpc) is 3.11. The van der Waals surface area contributed by atoms with Crippen molar-refractivity contribution in [3.8, 4) is 11.5 Å². The molecule has 0 aliphatic heterocycles. The number of ether oxygens (including phenoxy) is 2. The van der Waals surface area contributed by atoms with Crippen LogP contribution in [0.25, 0.3) is 16.5 Å². The highest BCUT2D eigenvalue weighted by atomic mass is 16.5. The zero-order valence-electron chi connectivity index (χ0n) is 18.6. The van der Waals surface area contributed by atoms with Crippen molar-refractivity contribution in [2.45, 2.75) is 46.5 Å². The number of methoxy groups -OCH3 is 1. The van der Waals surface area contributed by atoms with Gasteiger partial charge in [0.1, 0.15) is 22.8 Å². The van der Waals surface area contributed by atoms with Crippen LogP contribution in [-0.4, -0.2) is 19.6 Å². The molecule has 0 atom stereocenters. The molecule has 5 heteroatoms. The topological polar surface area (TPSA) is 60.7 Å². The number of carbonyl (C=O) groups is 1. The second kappa shape index (κ2) is 8.88. The van der Waals surface area contributed by atoms with E-state index in [0.717, 1.165) is 52.0 Å². The Bertz CT molecular complexity index is 1160. The number of fused-ring (bicyclic) bond motifs is 3. The van der Waals surface area contributed by atoms with Gasteiger partial charge in [0.15, 0.2) is 0 Å². The number of rotatable bonds is 6. The molecule has 0 spiro atoms. The maximum absolute atomic E-state index is 12.8. The number of hydrogen-bond donors (Lipinski definition) is 1. The molecule has 5 nitrogen and oxygen atoms in total. The maximum atomic E-state index is 12.8. The molecule has 3 aromatic rings. The van der Waals surface area contributed by atoms with E-state index < -0.39 is 0 Å². The van der Waals surface area contributed by atoms with Crippen LogP contribution in [-0.2, 0) is 17.6 Å². The fourth-order valence-electron chi connectivity index (χ4n) is 4.24. The van der Waals surface area contributed by atoms with Gasteiger partial charge in [-0.05, 0) is 69.4 Å². The van der Waals surface area contributed by atoms with Crippen LogP contribution < -0.4 is 14.8 Å². The molecule has 0 bridgehead atoms. The Morgan fingerprint density at radius 2 is 1.97 bits per heavy atom. The van der Waals surface area contributed by atoms with Gasteiger partial charge in [-0.1, -0.05) is 6.07 Å². The number of carbonyl (C=O) groups excluding carboxylic acids is 1. The standard InChI is InChI=1S/C26H29NO4/c1-5-30-24-15-25-20(18-8-6-7-9-22(18)31-25)14-19(24)17(3)13-26(28)27-21-12-16(2)10-11-23(21)29-4/h10-15H,5-9H2,1-4H3,(H,27,28)/b17-13+. The van der Waals surface area contributed by atoms with E-state index in [4.69, 9.17) is 13.9 Å². The third-order valence-corrected chi connectivity index (χ3v) is 5.74. The fourth-order valence-corrected chi connectivity index (χ4v) is 4.24. The predicted octanol–water partition coefficient (Wildman–Crippen LogP) is 6.07. The third kappa shape index (κ3) is 4.31. The number of aryl methyl sites for hydroxylation is 3. The smallest absolute Gasteiger partial charge is 0.248 e. The Morgan fingerprint density at radius 1 is 1.16 bits per heavy atom. The molecule has 0 saturated carbocycles. The molecular weight excluding hydrogens is 390 g/mol. The average molecular weight is 420 g/mol. The Morgan fingerprint density at radius 3 is 2.74 bits per heavy atom. The summed E-state index contributed by atoms with van der Waals surface area (Å²) < 4.78 is 17.4. The van der Waals surface area contributed by atoms with Crippen LogP contribution in [0.4, 0.5) is 5.69 Å². The zero-order chi connectivity index (χ0) is 22.0. The first-order valence-electron chi connectivity index (χ1n) is 10.9. The molecule has 1 amide bonds. The molecule has 162 valence electrons. The molecule has 4 rings (SSSR count). The summed E-state index contributed by atoms with van der Waals surface area (Å²) in [5, 5.41) is 4.06. The van der Waals surface area contributed by atoms with E-state index in [0.29, 0.717) is 18.0 Å². The van der Waals surface area contributed by atoms with Crippen molar-refractivity contribution in [3.05, 3.63) is 58.9 Å². The summed E-state index contributed by atoms with van der Waals surface area (Å²) in [5.74, 6) is 2.24. The molecule has 0 radical (unpaired) electrons. The number of allylic oxidation sites excluding steroid dienone is 1. The Kier molecular flexibility index (Phi) is 6.03. The van der Waals surface area contributed by atoms with Gasteiger partial charge in [0, 0.05) is 35.1 Å². The zero-order valence-corrected chi connectivity index (χ0v) is 18.6. The largest absolute Gasteiger partial charge is 0.495 e. The summed E-state index contributed by atoms with van der Waals surface area (Å²) in [4.78, 5) is 12.8. The highest BCUT2D eigenvalue weighted by molar-refractivity contribution is 6.05. The number of hydrogen-bond acceptors (Lipinski definition) is 4. The van der Waals surface area contributed by atoms with Gasteiger partial charge in [0.05, 0.1) is 19.4 Å². The molecule has 1 aliphatic rings. The molecule has 0 unspecified atom stereocenters. The lowest BCUT2D eigenvalue weighted by atomic mass is 9.94. The minimum absolute atomic E-state index is 0.210. The number of benzene rings is 2. The summed E-state index contributed by atoms with van der Waals surface area (Å²) in [7, 11) is 1.59. The summed E-state index contributed by atoms with van der Waals surface area (Å²) in [6.07, 6.45) is 5.97. The first kappa shape index (κ1) is 21.0. The first-order chi connectivity index (χ1) is 15.0. The second-order valence-corrected chi connectivity index (χ2v) is 8.01. The van der Waals surface area contributed by atoms with Gasteiger partial charge < -0.3 is 19.2 Å². The van der Waals surface area contributed by atoms with Crippen LogP contribution in [0.15, 0.2) is 40.8 Å². The minimum Gasteiger partial charge on any atom is -0.495 e. The van der Waals surface area contributed by atoms with Crippen molar-refractivity contribution < 1.29 is 18.7 Å². The fraction of sp³-hybridized carbons (Fsp3) is 0.346. The maximum Gasteiger partial charge on any atom is 0.248 e. The SMILES string of the molecule is CCOc1cc2oc3c(c2cc1/C(C)=C/C(=O)Nc1cc(C)ccc1OC)CCCC3. The molecule has 1 heterocycles. The van der Waals surface area contributed by atoms with E-state index >= 15 is 0 Å². The predicted molar refractivity (Wildman–Crippen MR) is 124 cm³/mol. The summed E-state index contributed by atoms with van der Waals surface area (Å²) >= 11 is 0. The number of anilines is 1. The summed E-state index contributed by atoms with van der Waals surface area (Å²) in [6.45, 7) is 6.41. The lowest BCUT2D eigenvalue weighted by molar-refractivity contribution is -0.111. The molecule has 1 aromatic heterocycles. The van der Waals surface area contributed by atoms with Gasteiger partial charge in [0.2, 0.25) is 5.91 Å². The van der Waals surface area contributed by atoms with E-state index in [2.05, 4.69) is 11.4 Å². The van der Waals surface area contributed by atoms with Crippen molar-refractivity contribution >= 4 is 28.1 Å². The first-order valence-corrected chi connectivity index (χ1v) is 10.9. The highest BCUT2D eigenvalue weighted by Crippen LogP contribution is 2.38. The Balaban J connectivity index is 1.69. The van der Waals surface area contributed by atoms with Crippen LogP contribution in [0.3, 0.4) is 0 Å². The molecular formula is C26H29NO4. The minimum atomic E-state index is -0.210.